The minimum Gasteiger partial charge on any atom is -0.352 e. The molecule has 30 heavy (non-hydrogen) atoms. The molecule has 0 bridgehead atoms. The van der Waals surface area contributed by atoms with Gasteiger partial charge in [0.25, 0.3) is 0 Å². The van der Waals surface area contributed by atoms with Gasteiger partial charge in [0, 0.05) is 38.6 Å². The molecular weight excluding hydrogens is 513 g/mol. The van der Waals surface area contributed by atoms with Crippen molar-refractivity contribution in [2.75, 3.05) is 25.9 Å². The number of guanidine groups is 1. The van der Waals surface area contributed by atoms with E-state index in [-0.39, 0.29) is 35.8 Å². The molecule has 1 saturated heterocycles. The van der Waals surface area contributed by atoms with Gasteiger partial charge < -0.3 is 14.8 Å². The molecule has 0 saturated carbocycles. The smallest absolute Gasteiger partial charge is 0.193 e. The van der Waals surface area contributed by atoms with E-state index in [0.29, 0.717) is 23.3 Å². The number of piperidine rings is 1. The molecule has 0 aliphatic carbocycles. The lowest BCUT2D eigenvalue weighted by molar-refractivity contribution is 0.188. The standard InChI is InChI=1S/C21H31N5O2S.HI/c1-4-18(15-29(27,28)19-8-6-5-7-9-19)24-21(22-3)25-12-10-17(2)20(14-25)26-13-11-23-16-26;/h5-9,11,13,16-18,20H,4,10,12,14-15H2,1-3H3,(H,22,24);1H. The Hall–Kier alpha value is -1.62. The van der Waals surface area contributed by atoms with Crippen LogP contribution in [0.4, 0.5) is 0 Å². The SMILES string of the molecule is CCC(CS(=O)(=O)c1ccccc1)NC(=NC)N1CCC(C)C(n2ccnc2)C1.I. The summed E-state index contributed by atoms with van der Waals surface area (Å²) in [5.74, 6) is 1.35. The second kappa shape index (κ2) is 11.1. The van der Waals surface area contributed by atoms with Crippen molar-refractivity contribution in [3.63, 3.8) is 0 Å². The minimum atomic E-state index is -3.36. The van der Waals surface area contributed by atoms with Crippen LogP contribution in [0.15, 0.2) is 58.9 Å². The molecule has 2 aromatic rings. The van der Waals surface area contributed by atoms with E-state index in [1.54, 1.807) is 37.5 Å². The molecule has 1 N–H and O–H groups in total. The van der Waals surface area contributed by atoms with Crippen LogP contribution in [0.25, 0.3) is 0 Å². The monoisotopic (exact) mass is 545 g/mol. The molecule has 1 fully saturated rings. The number of aliphatic imine (C=N–C) groups is 1. The first kappa shape index (κ1) is 24.6. The number of rotatable bonds is 6. The Morgan fingerprint density at radius 1 is 1.33 bits per heavy atom. The van der Waals surface area contributed by atoms with Gasteiger partial charge in [-0.15, -0.1) is 24.0 Å². The predicted octanol–water partition coefficient (Wildman–Crippen LogP) is 3.21. The zero-order valence-corrected chi connectivity index (χ0v) is 21.0. The zero-order chi connectivity index (χ0) is 20.9. The molecule has 1 aliphatic rings. The van der Waals surface area contributed by atoms with Gasteiger partial charge >= 0.3 is 0 Å². The molecule has 1 aromatic carbocycles. The molecule has 1 aromatic heterocycles. The Bertz CT molecular complexity index is 903. The summed E-state index contributed by atoms with van der Waals surface area (Å²) in [5, 5.41) is 3.40. The third-order valence-corrected chi connectivity index (χ3v) is 7.52. The number of benzene rings is 1. The quantitative estimate of drug-likeness (QED) is 0.343. The molecule has 0 radical (unpaired) electrons. The molecule has 166 valence electrons. The third-order valence-electron chi connectivity index (χ3n) is 5.69. The lowest BCUT2D eigenvalue weighted by Gasteiger charge is -2.40. The van der Waals surface area contributed by atoms with Crippen LogP contribution in [0.1, 0.15) is 32.7 Å². The maximum absolute atomic E-state index is 12.8. The van der Waals surface area contributed by atoms with Crippen molar-refractivity contribution in [2.45, 2.75) is 43.7 Å². The number of nitrogens with zero attached hydrogens (tertiary/aromatic N) is 4. The lowest BCUT2D eigenvalue weighted by Crippen LogP contribution is -2.52. The molecule has 3 rings (SSSR count). The van der Waals surface area contributed by atoms with Crippen LogP contribution in [-0.4, -0.2) is 60.8 Å². The topological polar surface area (TPSA) is 79.6 Å². The Kier molecular flexibility index (Phi) is 9.14. The largest absolute Gasteiger partial charge is 0.352 e. The number of hydrogen-bond acceptors (Lipinski definition) is 4. The zero-order valence-electron chi connectivity index (χ0n) is 17.8. The summed E-state index contributed by atoms with van der Waals surface area (Å²) in [6, 6.07) is 8.75. The molecule has 1 aliphatic heterocycles. The molecule has 9 heteroatoms. The highest BCUT2D eigenvalue weighted by Gasteiger charge is 2.30. The van der Waals surface area contributed by atoms with Crippen LogP contribution < -0.4 is 5.32 Å². The van der Waals surface area contributed by atoms with Gasteiger partial charge in [0.05, 0.1) is 23.0 Å². The van der Waals surface area contributed by atoms with Gasteiger partial charge in [-0.25, -0.2) is 13.4 Å². The van der Waals surface area contributed by atoms with Crippen LogP contribution in [-0.2, 0) is 9.84 Å². The van der Waals surface area contributed by atoms with Gasteiger partial charge in [-0.05, 0) is 30.9 Å². The maximum Gasteiger partial charge on any atom is 0.193 e. The highest BCUT2D eigenvalue weighted by atomic mass is 127. The van der Waals surface area contributed by atoms with Crippen LogP contribution in [0.5, 0.6) is 0 Å². The van der Waals surface area contributed by atoms with Crippen LogP contribution in [0.2, 0.25) is 0 Å². The average Bonchev–Trinajstić information content (AvgIpc) is 3.27. The van der Waals surface area contributed by atoms with Crippen molar-refractivity contribution in [2.24, 2.45) is 10.9 Å². The first-order valence-electron chi connectivity index (χ1n) is 10.2. The van der Waals surface area contributed by atoms with E-state index in [2.05, 4.69) is 31.7 Å². The van der Waals surface area contributed by atoms with Crippen LogP contribution in [0.3, 0.4) is 0 Å². The summed E-state index contributed by atoms with van der Waals surface area (Å²) in [4.78, 5) is 11.2. The van der Waals surface area contributed by atoms with E-state index in [1.165, 1.54) is 0 Å². The van der Waals surface area contributed by atoms with Crippen LogP contribution >= 0.6 is 24.0 Å². The van der Waals surface area contributed by atoms with Crippen molar-refractivity contribution in [1.29, 1.82) is 0 Å². The molecule has 7 nitrogen and oxygen atoms in total. The second-order valence-electron chi connectivity index (χ2n) is 7.68. The molecule has 0 spiro atoms. The Balaban J connectivity index is 0.00000320. The van der Waals surface area contributed by atoms with Crippen molar-refractivity contribution in [3.8, 4) is 0 Å². The van der Waals surface area contributed by atoms with Gasteiger partial charge in [0.1, 0.15) is 0 Å². The number of halogens is 1. The summed E-state index contributed by atoms with van der Waals surface area (Å²) in [7, 11) is -1.60. The Morgan fingerprint density at radius 3 is 2.67 bits per heavy atom. The first-order valence-corrected chi connectivity index (χ1v) is 11.8. The highest BCUT2D eigenvalue weighted by molar-refractivity contribution is 14.0. The Labute approximate surface area is 196 Å². The predicted molar refractivity (Wildman–Crippen MR) is 131 cm³/mol. The number of sulfone groups is 1. The minimum absolute atomic E-state index is 0. The maximum atomic E-state index is 12.8. The molecular formula is C21H32IN5O2S. The number of likely N-dealkylation sites (tertiary alicyclic amines) is 1. The van der Waals surface area contributed by atoms with Gasteiger partial charge in [0.15, 0.2) is 15.8 Å². The molecule has 3 unspecified atom stereocenters. The number of nitrogens with one attached hydrogen (secondary N) is 1. The molecule has 3 atom stereocenters. The normalized spacial score (nSPS) is 21.0. The van der Waals surface area contributed by atoms with Crippen molar-refractivity contribution >= 4 is 39.8 Å². The van der Waals surface area contributed by atoms with E-state index in [9.17, 15) is 8.42 Å². The van der Waals surface area contributed by atoms with Gasteiger partial charge in [-0.3, -0.25) is 4.99 Å². The fourth-order valence-corrected chi connectivity index (χ4v) is 5.44. The summed E-state index contributed by atoms with van der Waals surface area (Å²) >= 11 is 0. The van der Waals surface area contributed by atoms with Crippen LogP contribution in [0, 0.1) is 5.92 Å². The average molecular weight is 545 g/mol. The van der Waals surface area contributed by atoms with E-state index in [1.807, 2.05) is 25.5 Å². The lowest BCUT2D eigenvalue weighted by atomic mass is 9.93. The van der Waals surface area contributed by atoms with E-state index in [0.717, 1.165) is 25.5 Å². The van der Waals surface area contributed by atoms with Crippen molar-refractivity contribution < 1.29 is 8.42 Å². The Morgan fingerprint density at radius 2 is 2.07 bits per heavy atom. The number of hydrogen-bond donors (Lipinski definition) is 1. The van der Waals surface area contributed by atoms with E-state index in [4.69, 9.17) is 0 Å². The van der Waals surface area contributed by atoms with Gasteiger partial charge in [-0.1, -0.05) is 32.0 Å². The summed E-state index contributed by atoms with van der Waals surface area (Å²) in [5.41, 5.74) is 0. The third kappa shape index (κ3) is 5.96. The van der Waals surface area contributed by atoms with Crippen molar-refractivity contribution in [3.05, 3.63) is 49.1 Å². The van der Waals surface area contributed by atoms with Gasteiger partial charge in [0.2, 0.25) is 0 Å². The summed E-state index contributed by atoms with van der Waals surface area (Å²) < 4.78 is 27.7. The van der Waals surface area contributed by atoms with E-state index < -0.39 is 9.84 Å². The van der Waals surface area contributed by atoms with Crippen molar-refractivity contribution in [1.82, 2.24) is 19.8 Å². The number of imidazole rings is 1. The van der Waals surface area contributed by atoms with E-state index >= 15 is 0 Å². The molecule has 2 heterocycles. The number of aromatic nitrogens is 2. The summed E-state index contributed by atoms with van der Waals surface area (Å²) in [6.45, 7) is 5.98. The fourth-order valence-electron chi connectivity index (χ4n) is 3.83. The second-order valence-corrected chi connectivity index (χ2v) is 9.71. The fraction of sp³-hybridized carbons (Fsp3) is 0.524. The molecule has 0 amide bonds. The summed E-state index contributed by atoms with van der Waals surface area (Å²) in [6.07, 6.45) is 7.41. The van der Waals surface area contributed by atoms with Gasteiger partial charge in [-0.2, -0.15) is 0 Å². The highest BCUT2D eigenvalue weighted by Crippen LogP contribution is 2.27. The first-order chi connectivity index (χ1) is 13.9.